The van der Waals surface area contributed by atoms with Crippen LogP contribution in [0.2, 0.25) is 0 Å². The SMILES string of the molecule is O=C(N[C@H]1CCN(Cc2ccccc2)C1)c1cc2c([nH]c1=O)CCC2. The van der Waals surface area contributed by atoms with Crippen LogP contribution in [-0.2, 0) is 19.4 Å². The molecular formula is C20H23N3O2. The van der Waals surface area contributed by atoms with Gasteiger partial charge in [0.1, 0.15) is 5.56 Å². The van der Waals surface area contributed by atoms with Gasteiger partial charge in [-0.25, -0.2) is 0 Å². The fourth-order valence-electron chi connectivity index (χ4n) is 3.88. The summed E-state index contributed by atoms with van der Waals surface area (Å²) in [5.74, 6) is -0.248. The topological polar surface area (TPSA) is 65.2 Å². The maximum Gasteiger partial charge on any atom is 0.261 e. The first-order valence-electron chi connectivity index (χ1n) is 9.01. The molecule has 0 unspecified atom stereocenters. The Labute approximate surface area is 147 Å². The lowest BCUT2D eigenvalue weighted by Crippen LogP contribution is -2.39. The number of carbonyl (C=O) groups excluding carboxylic acids is 1. The maximum atomic E-state index is 12.5. The molecule has 0 radical (unpaired) electrons. The van der Waals surface area contributed by atoms with E-state index < -0.39 is 0 Å². The van der Waals surface area contributed by atoms with E-state index in [0.29, 0.717) is 0 Å². The number of pyridine rings is 1. The zero-order valence-corrected chi connectivity index (χ0v) is 14.3. The molecule has 0 bridgehead atoms. The number of aromatic nitrogens is 1. The fraction of sp³-hybridized carbons (Fsp3) is 0.400. The first kappa shape index (κ1) is 16.1. The van der Waals surface area contributed by atoms with Crippen molar-refractivity contribution in [3.8, 4) is 0 Å². The van der Waals surface area contributed by atoms with Gasteiger partial charge in [0.05, 0.1) is 0 Å². The van der Waals surface area contributed by atoms with Crippen LogP contribution in [0.4, 0.5) is 0 Å². The van der Waals surface area contributed by atoms with Crippen molar-refractivity contribution in [3.05, 3.63) is 69.1 Å². The van der Waals surface area contributed by atoms with Crippen LogP contribution >= 0.6 is 0 Å². The summed E-state index contributed by atoms with van der Waals surface area (Å²) in [6.07, 6.45) is 3.82. The Balaban J connectivity index is 1.38. The highest BCUT2D eigenvalue weighted by molar-refractivity contribution is 5.94. The van der Waals surface area contributed by atoms with Crippen LogP contribution in [0.1, 0.15) is 40.0 Å². The second-order valence-corrected chi connectivity index (χ2v) is 7.05. The summed E-state index contributed by atoms with van der Waals surface area (Å²) < 4.78 is 0. The lowest BCUT2D eigenvalue weighted by atomic mass is 10.1. The normalized spacial score (nSPS) is 19.8. The van der Waals surface area contributed by atoms with Crippen LogP contribution in [0.3, 0.4) is 0 Å². The first-order chi connectivity index (χ1) is 12.2. The van der Waals surface area contributed by atoms with Crippen molar-refractivity contribution in [1.82, 2.24) is 15.2 Å². The van der Waals surface area contributed by atoms with Gasteiger partial charge in [-0.1, -0.05) is 30.3 Å². The van der Waals surface area contributed by atoms with E-state index in [0.717, 1.165) is 56.6 Å². The number of nitrogens with one attached hydrogen (secondary N) is 2. The van der Waals surface area contributed by atoms with Gasteiger partial charge in [-0.2, -0.15) is 0 Å². The van der Waals surface area contributed by atoms with Crippen LogP contribution < -0.4 is 10.9 Å². The number of carbonyl (C=O) groups is 1. The summed E-state index contributed by atoms with van der Waals surface area (Å²) in [6, 6.07) is 12.2. The van der Waals surface area contributed by atoms with Crippen LogP contribution in [0.25, 0.3) is 0 Å². The van der Waals surface area contributed by atoms with E-state index in [2.05, 4.69) is 27.3 Å². The minimum atomic E-state index is -0.266. The molecule has 1 saturated heterocycles. The highest BCUT2D eigenvalue weighted by Crippen LogP contribution is 2.19. The van der Waals surface area contributed by atoms with Gasteiger partial charge >= 0.3 is 0 Å². The largest absolute Gasteiger partial charge is 0.348 e. The molecule has 130 valence electrons. The summed E-state index contributed by atoms with van der Waals surface area (Å²) in [4.78, 5) is 29.9. The van der Waals surface area contributed by atoms with Gasteiger partial charge < -0.3 is 10.3 Å². The zero-order valence-electron chi connectivity index (χ0n) is 14.3. The van der Waals surface area contributed by atoms with Crippen molar-refractivity contribution in [2.24, 2.45) is 0 Å². The average Bonchev–Trinajstić information content (AvgIpc) is 3.24. The molecule has 2 aliphatic rings. The van der Waals surface area contributed by atoms with E-state index >= 15 is 0 Å². The number of amides is 1. The second-order valence-electron chi connectivity index (χ2n) is 7.05. The number of aromatic amines is 1. The van der Waals surface area contributed by atoms with Gasteiger partial charge in [-0.3, -0.25) is 14.5 Å². The number of hydrogen-bond donors (Lipinski definition) is 2. The van der Waals surface area contributed by atoms with E-state index in [1.165, 1.54) is 5.56 Å². The smallest absolute Gasteiger partial charge is 0.261 e. The molecule has 1 atom stereocenters. The van der Waals surface area contributed by atoms with Crippen molar-refractivity contribution in [1.29, 1.82) is 0 Å². The van der Waals surface area contributed by atoms with E-state index in [4.69, 9.17) is 0 Å². The van der Waals surface area contributed by atoms with Crippen molar-refractivity contribution >= 4 is 5.91 Å². The number of fused-ring (bicyclic) bond motifs is 1. The molecule has 5 nitrogen and oxygen atoms in total. The number of benzene rings is 1. The third-order valence-electron chi connectivity index (χ3n) is 5.19. The standard InChI is InChI=1S/C20H23N3O2/c24-19(17-11-15-7-4-8-18(15)22-20(17)25)21-16-9-10-23(13-16)12-14-5-2-1-3-6-14/h1-3,5-6,11,16H,4,7-10,12-13H2,(H,21,24)(H,22,25)/t16-/m0/s1. The monoisotopic (exact) mass is 337 g/mol. The van der Waals surface area contributed by atoms with Crippen LogP contribution in [0.5, 0.6) is 0 Å². The number of H-pyrrole nitrogens is 1. The molecule has 0 spiro atoms. The minimum absolute atomic E-state index is 0.101. The fourth-order valence-corrected chi connectivity index (χ4v) is 3.88. The van der Waals surface area contributed by atoms with Gasteiger partial charge in [0.2, 0.25) is 0 Å². The molecule has 2 aromatic rings. The minimum Gasteiger partial charge on any atom is -0.348 e. The summed E-state index contributed by atoms with van der Waals surface area (Å²) in [6.45, 7) is 2.68. The third-order valence-corrected chi connectivity index (χ3v) is 5.19. The molecule has 1 aromatic heterocycles. The molecule has 1 aliphatic carbocycles. The van der Waals surface area contributed by atoms with E-state index in [1.807, 2.05) is 18.2 Å². The predicted molar refractivity (Wildman–Crippen MR) is 96.7 cm³/mol. The summed E-state index contributed by atoms with van der Waals surface area (Å²) in [5, 5.41) is 3.04. The second kappa shape index (κ2) is 6.84. The quantitative estimate of drug-likeness (QED) is 0.895. The van der Waals surface area contributed by atoms with Gasteiger partial charge in [-0.05, 0) is 42.9 Å². The molecule has 1 amide bonds. The number of aryl methyl sites for hydroxylation is 2. The molecule has 25 heavy (non-hydrogen) atoms. The zero-order chi connectivity index (χ0) is 17.2. The van der Waals surface area contributed by atoms with Crippen LogP contribution in [0, 0.1) is 0 Å². The molecular weight excluding hydrogens is 314 g/mol. The van der Waals surface area contributed by atoms with Crippen molar-refractivity contribution in [2.75, 3.05) is 13.1 Å². The highest BCUT2D eigenvalue weighted by atomic mass is 16.2. The van der Waals surface area contributed by atoms with Crippen LogP contribution in [0.15, 0.2) is 41.2 Å². The van der Waals surface area contributed by atoms with E-state index in [-0.39, 0.29) is 23.1 Å². The molecule has 1 aliphatic heterocycles. The van der Waals surface area contributed by atoms with Crippen molar-refractivity contribution < 1.29 is 4.79 Å². The lowest BCUT2D eigenvalue weighted by molar-refractivity contribution is 0.0936. The first-order valence-corrected chi connectivity index (χ1v) is 9.01. The van der Waals surface area contributed by atoms with Crippen LogP contribution in [-0.4, -0.2) is 34.9 Å². The Bertz CT molecular complexity index is 829. The van der Waals surface area contributed by atoms with Gasteiger partial charge in [0.25, 0.3) is 11.5 Å². The Morgan fingerprint density at radius 1 is 1.24 bits per heavy atom. The average molecular weight is 337 g/mol. The molecule has 0 saturated carbocycles. The third kappa shape index (κ3) is 3.51. The number of hydrogen-bond acceptors (Lipinski definition) is 3. The van der Waals surface area contributed by atoms with Gasteiger partial charge in [0, 0.05) is 31.4 Å². The van der Waals surface area contributed by atoms with E-state index in [1.54, 1.807) is 6.07 Å². The molecule has 1 aromatic carbocycles. The Kier molecular flexibility index (Phi) is 4.40. The van der Waals surface area contributed by atoms with Gasteiger partial charge in [-0.15, -0.1) is 0 Å². The summed E-state index contributed by atoms with van der Waals surface area (Å²) in [7, 11) is 0. The molecule has 2 N–H and O–H groups in total. The van der Waals surface area contributed by atoms with E-state index in [9.17, 15) is 9.59 Å². The Morgan fingerprint density at radius 3 is 2.92 bits per heavy atom. The predicted octanol–water partition coefficient (Wildman–Crippen LogP) is 1.87. The summed E-state index contributed by atoms with van der Waals surface area (Å²) >= 11 is 0. The van der Waals surface area contributed by atoms with Gasteiger partial charge in [0.15, 0.2) is 0 Å². The van der Waals surface area contributed by atoms with Crippen molar-refractivity contribution in [3.63, 3.8) is 0 Å². The molecule has 2 heterocycles. The highest BCUT2D eigenvalue weighted by Gasteiger charge is 2.26. The molecule has 5 heteroatoms. The Hall–Kier alpha value is -2.40. The lowest BCUT2D eigenvalue weighted by Gasteiger charge is -2.17. The summed E-state index contributed by atoms with van der Waals surface area (Å²) in [5.41, 5.74) is 3.38. The number of likely N-dealkylation sites (tertiary alicyclic amines) is 1. The maximum absolute atomic E-state index is 12.5. The molecule has 4 rings (SSSR count). The van der Waals surface area contributed by atoms with Crippen molar-refractivity contribution in [2.45, 2.75) is 38.3 Å². The number of rotatable bonds is 4. The number of nitrogens with zero attached hydrogens (tertiary/aromatic N) is 1. The molecule has 1 fully saturated rings. The Morgan fingerprint density at radius 2 is 2.08 bits per heavy atom.